The first kappa shape index (κ1) is 94.8. The largest absolute Gasteiger partial charge is 0.436 e. The fourth-order valence-corrected chi connectivity index (χ4v) is 24.7. The lowest BCUT2D eigenvalue weighted by Crippen LogP contribution is -2.31. The molecule has 27 aromatic rings. The van der Waals surface area contributed by atoms with Crippen molar-refractivity contribution < 1.29 is 31.7 Å². The highest BCUT2D eigenvalue weighted by Gasteiger charge is 2.37. The Balaban J connectivity index is 0.000000105. The molecule has 0 aliphatic rings. The van der Waals surface area contributed by atoms with Crippen molar-refractivity contribution in [1.29, 1.82) is 0 Å². The Kier molecular flexibility index (Phi) is 24.7. The predicted molar refractivity (Wildman–Crippen MR) is 611 cm³/mol. The van der Waals surface area contributed by atoms with Crippen LogP contribution in [0.3, 0.4) is 0 Å². The molecule has 10 heterocycles. The first-order valence-corrected chi connectivity index (χ1v) is 53.0. The van der Waals surface area contributed by atoms with Gasteiger partial charge in [-0.15, -0.1) is 34.0 Å². The SMILES string of the molecule is CCn1c(-c2c(C)ccc3scnc23)[n+](C)c2ccccc21.Cc1cc(-c2ccccc2)cc(C)c1-c1nc2c(-c3n(-c4cccc5ccccc45)c4ccccc4[n+]3C)c(C)ccc2o1.Cc1ccc2scnc2c1-c1n(C(C)C)c2ccccc2[n+]1C.Cc1ccc2scnc2c1-c1n(C)c2ccccc2[n+]1C.Cc1cccc(C)c1-c1nc2c(-c3n(-c4cccc5ccccc45)c4ccccc4[n+]3C)c(C)ccc2o1. The lowest BCUT2D eigenvalue weighted by Gasteiger charge is -2.10. The number of thiazole rings is 3. The third-order valence-corrected chi connectivity index (χ3v) is 32.0. The number of aromatic nitrogens is 15. The van der Waals surface area contributed by atoms with E-state index in [2.05, 4.69) is 508 Å². The van der Waals surface area contributed by atoms with E-state index in [1.807, 2.05) is 22.6 Å². The van der Waals surface area contributed by atoms with Gasteiger partial charge in [-0.25, -0.2) is 61.5 Å². The van der Waals surface area contributed by atoms with Crippen molar-refractivity contribution in [2.24, 2.45) is 42.3 Å². The van der Waals surface area contributed by atoms with Crippen LogP contribution in [0.15, 0.2) is 353 Å². The molecule has 0 aliphatic heterocycles. The molecule has 726 valence electrons. The lowest BCUT2D eigenvalue weighted by molar-refractivity contribution is -0.634. The first-order valence-electron chi connectivity index (χ1n) is 50.4. The Bertz CT molecular complexity index is 9840. The Morgan fingerprint density at radius 3 is 1.07 bits per heavy atom. The standard InChI is InChI=1S/C40H32N3O.C34H28N3O.C19H20N3S.C18H18N3S.C17H16N3S/c1-25-21-22-35-38(41-39(44-35)36-26(2)23-30(24-27(36)3)28-13-6-5-7-14-28)37(25)40-42(4)33-18-10-11-19-34(33)43(40)32-20-12-16-29-15-8-9-17-31(29)32;1-21-11-9-12-22(2)30(21)33-35-32-29(38-33)20-19-23(3)31(32)34-36(4)27-16-7-8-17-28(27)37(34)26-18-10-14-24-13-5-6-15-25(24)26;1-12(2)22-15-8-6-5-7-14(15)21(4)19(22)17-13(3)9-10-16-18(17)20-11-23-16;1-4-21-14-8-6-5-7-13(14)20(3)18(21)16-12(2)9-10-15-17(16)19-11-22-15;1-11-8-9-14-16(18-10-21-14)15(11)17-19(2)12-6-4-5-7-13(12)20(17)3/h5-24H,1-4H3;5-20H,1-4H3;5-12H,1-4H3;5-11H,4H2,1-3H3;4-10H,1-3H3/q5*+1. The fraction of sp³-hybridized carbons (Fsp3) is 0.156. The van der Waals surface area contributed by atoms with Crippen LogP contribution >= 0.6 is 34.0 Å². The summed E-state index contributed by atoms with van der Waals surface area (Å²) in [5, 5.41) is 4.83. The summed E-state index contributed by atoms with van der Waals surface area (Å²) in [6.45, 7) is 27.0. The zero-order chi connectivity index (χ0) is 102. The van der Waals surface area contributed by atoms with E-state index < -0.39 is 0 Å². The van der Waals surface area contributed by atoms with Crippen LogP contribution in [0.5, 0.6) is 0 Å². The van der Waals surface area contributed by atoms with E-state index in [0.717, 1.165) is 146 Å². The molecule has 0 amide bonds. The first-order chi connectivity index (χ1) is 72.0. The third-order valence-electron chi connectivity index (χ3n) is 29.6. The second-order valence-electron chi connectivity index (χ2n) is 39.0. The average molecular weight is 1990 g/mol. The molecule has 0 fully saturated rings. The number of nitrogens with zero attached hydrogens (tertiary/aromatic N) is 15. The molecule has 0 N–H and O–H groups in total. The maximum absolute atomic E-state index is 6.58. The summed E-state index contributed by atoms with van der Waals surface area (Å²) in [7, 11) is 12.8. The van der Waals surface area contributed by atoms with E-state index in [-0.39, 0.29) is 0 Å². The van der Waals surface area contributed by atoms with E-state index in [9.17, 15) is 0 Å². The number of aryl methyl sites for hydroxylation is 16. The molecule has 17 nitrogen and oxygen atoms in total. The topological polar surface area (TPSA) is 135 Å². The molecule has 0 spiro atoms. The summed E-state index contributed by atoms with van der Waals surface area (Å²) in [5.41, 5.74) is 47.9. The van der Waals surface area contributed by atoms with Crippen LogP contribution in [0, 0.1) is 62.3 Å². The van der Waals surface area contributed by atoms with Gasteiger partial charge < -0.3 is 8.83 Å². The smallest absolute Gasteiger partial charge is 0.297 e. The van der Waals surface area contributed by atoms with Crippen molar-refractivity contribution in [3.05, 3.63) is 394 Å². The third kappa shape index (κ3) is 16.1. The van der Waals surface area contributed by atoms with Gasteiger partial charge in [-0.3, -0.25) is 0 Å². The number of oxazole rings is 2. The number of hydrogen-bond acceptors (Lipinski definition) is 10. The van der Waals surface area contributed by atoms with Crippen molar-refractivity contribution in [3.8, 4) is 102 Å². The van der Waals surface area contributed by atoms with Gasteiger partial charge in [0.2, 0.25) is 11.8 Å². The van der Waals surface area contributed by atoms with E-state index in [1.165, 1.54) is 131 Å². The molecule has 0 unspecified atom stereocenters. The van der Waals surface area contributed by atoms with Gasteiger partial charge in [-0.1, -0.05) is 224 Å². The second kappa shape index (κ2) is 38.6. The van der Waals surface area contributed by atoms with Crippen LogP contribution in [-0.4, -0.2) is 47.8 Å². The molecule has 0 atom stereocenters. The summed E-state index contributed by atoms with van der Waals surface area (Å²) >= 11 is 5.10. The van der Waals surface area contributed by atoms with Crippen LogP contribution in [0.1, 0.15) is 76.9 Å². The second-order valence-corrected chi connectivity index (χ2v) is 41.7. The molecule has 10 aromatic heterocycles. The van der Waals surface area contributed by atoms with Crippen LogP contribution in [0.25, 0.3) is 232 Å². The summed E-state index contributed by atoms with van der Waals surface area (Å²) in [6, 6.07) is 116. The number of imidazole rings is 5. The minimum Gasteiger partial charge on any atom is -0.436 e. The fourth-order valence-electron chi connectivity index (χ4n) is 22.6. The Morgan fingerprint density at radius 2 is 0.622 bits per heavy atom. The minimum absolute atomic E-state index is 0.379. The summed E-state index contributed by atoms with van der Waals surface area (Å²) in [6.07, 6.45) is 0. The van der Waals surface area contributed by atoms with Crippen LogP contribution in [-0.2, 0) is 48.8 Å². The van der Waals surface area contributed by atoms with Crippen molar-refractivity contribution in [1.82, 2.24) is 47.8 Å². The van der Waals surface area contributed by atoms with Crippen LogP contribution in [0.2, 0.25) is 0 Å². The molecule has 0 saturated heterocycles. The van der Waals surface area contributed by atoms with Gasteiger partial charge in [0.25, 0.3) is 29.1 Å². The molecule has 20 heteroatoms. The highest BCUT2D eigenvalue weighted by atomic mass is 32.1. The van der Waals surface area contributed by atoms with Crippen molar-refractivity contribution in [2.75, 3.05) is 0 Å². The number of hydrogen-bond donors (Lipinski definition) is 0. The average Bonchev–Trinajstić information content (AvgIpc) is 1.56. The Labute approximate surface area is 871 Å². The maximum atomic E-state index is 6.58. The van der Waals surface area contributed by atoms with Crippen LogP contribution < -0.4 is 22.8 Å². The molecular weight excluding hydrogens is 1880 g/mol. The molecule has 0 bridgehead atoms. The monoisotopic (exact) mass is 1990 g/mol. The number of rotatable bonds is 12. The van der Waals surface area contributed by atoms with Crippen molar-refractivity contribution >= 4 is 164 Å². The van der Waals surface area contributed by atoms with Gasteiger partial charge in [-0.2, -0.15) is 9.13 Å². The van der Waals surface area contributed by atoms with Gasteiger partial charge in [0.15, 0.2) is 66.3 Å². The molecule has 148 heavy (non-hydrogen) atoms. The van der Waals surface area contributed by atoms with Gasteiger partial charge in [0.1, 0.15) is 22.4 Å². The normalized spacial score (nSPS) is 11.7. The number of para-hydroxylation sites is 10. The molecule has 17 aromatic carbocycles. The van der Waals surface area contributed by atoms with Gasteiger partial charge >= 0.3 is 0 Å². The summed E-state index contributed by atoms with van der Waals surface area (Å²) in [5.74, 6) is 7.12. The lowest BCUT2D eigenvalue weighted by atomic mass is 9.95. The van der Waals surface area contributed by atoms with Crippen molar-refractivity contribution in [3.63, 3.8) is 0 Å². The molecular formula is C128H114N15O2S3+5. The maximum Gasteiger partial charge on any atom is 0.297 e. The van der Waals surface area contributed by atoms with Gasteiger partial charge in [0, 0.05) is 21.9 Å². The highest BCUT2D eigenvalue weighted by molar-refractivity contribution is 7.17. The molecule has 0 radical (unpaired) electrons. The van der Waals surface area contributed by atoms with E-state index >= 15 is 0 Å². The summed E-state index contributed by atoms with van der Waals surface area (Å²) in [4.78, 5) is 24.3. The van der Waals surface area contributed by atoms with E-state index in [4.69, 9.17) is 18.8 Å². The van der Waals surface area contributed by atoms with Gasteiger partial charge in [-0.05, 0) is 258 Å². The number of benzene rings is 17. The van der Waals surface area contributed by atoms with Crippen molar-refractivity contribution in [2.45, 2.75) is 95.7 Å². The van der Waals surface area contributed by atoms with Gasteiger partial charge in [0.05, 0.1) is 130 Å². The minimum atomic E-state index is 0.379. The Hall–Kier alpha value is -16.8. The number of fused-ring (bicyclic) bond motifs is 12. The summed E-state index contributed by atoms with van der Waals surface area (Å²) < 4.78 is 40.0. The quantitative estimate of drug-likeness (QED) is 0.111. The van der Waals surface area contributed by atoms with E-state index in [0.29, 0.717) is 17.8 Å². The zero-order valence-electron chi connectivity index (χ0n) is 86.4. The zero-order valence-corrected chi connectivity index (χ0v) is 88.9. The van der Waals surface area contributed by atoms with Crippen LogP contribution in [0.4, 0.5) is 0 Å². The highest BCUT2D eigenvalue weighted by Crippen LogP contribution is 2.45. The predicted octanol–water partition coefficient (Wildman–Crippen LogP) is 30.0. The Morgan fingerprint density at radius 1 is 0.291 bits per heavy atom. The molecule has 0 aliphatic carbocycles. The molecule has 27 rings (SSSR count). The van der Waals surface area contributed by atoms with E-state index in [1.54, 1.807) is 34.0 Å². The molecule has 0 saturated carbocycles.